The first kappa shape index (κ1) is 14.3. The van der Waals surface area contributed by atoms with Crippen molar-refractivity contribution in [2.75, 3.05) is 32.1 Å². The van der Waals surface area contributed by atoms with Crippen LogP contribution in [0.15, 0.2) is 12.3 Å². The molecule has 0 bridgehead atoms. The molecule has 1 rings (SSSR count). The summed E-state index contributed by atoms with van der Waals surface area (Å²) < 4.78 is 0. The molecule has 0 aromatic carbocycles. The number of hydrogen-bond donors (Lipinski definition) is 1. The van der Waals surface area contributed by atoms with Gasteiger partial charge in [-0.3, -0.25) is 4.79 Å². The summed E-state index contributed by atoms with van der Waals surface area (Å²) in [6, 6.07) is 1.65. The summed E-state index contributed by atoms with van der Waals surface area (Å²) in [6.45, 7) is 2.78. The zero-order valence-electron chi connectivity index (χ0n) is 10.8. The summed E-state index contributed by atoms with van der Waals surface area (Å²) >= 11 is 4.87. The van der Waals surface area contributed by atoms with E-state index >= 15 is 0 Å². The normalized spacial score (nSPS) is 9.94. The Labute approximate surface area is 112 Å². The van der Waals surface area contributed by atoms with Crippen LogP contribution >= 0.6 is 12.2 Å². The highest BCUT2D eigenvalue weighted by atomic mass is 32.1. The number of nitrogens with two attached hydrogens (primary N) is 1. The van der Waals surface area contributed by atoms with Crippen LogP contribution in [-0.4, -0.2) is 52.9 Å². The van der Waals surface area contributed by atoms with E-state index in [9.17, 15) is 4.79 Å². The van der Waals surface area contributed by atoms with Crippen molar-refractivity contribution in [2.45, 2.75) is 6.92 Å². The maximum atomic E-state index is 11.7. The van der Waals surface area contributed by atoms with Crippen LogP contribution in [0.3, 0.4) is 0 Å². The number of hydrogen-bond acceptors (Lipinski definition) is 5. The lowest BCUT2D eigenvalue weighted by Crippen LogP contribution is -2.37. The van der Waals surface area contributed by atoms with Gasteiger partial charge in [0.2, 0.25) is 11.9 Å². The molecule has 98 valence electrons. The van der Waals surface area contributed by atoms with Gasteiger partial charge in [0.1, 0.15) is 10.7 Å². The number of nitrogens with zero attached hydrogens (tertiary/aromatic N) is 4. The first-order valence-corrected chi connectivity index (χ1v) is 5.94. The summed E-state index contributed by atoms with van der Waals surface area (Å²) in [4.78, 5) is 23.6. The minimum Gasteiger partial charge on any atom is -0.388 e. The highest BCUT2D eigenvalue weighted by Crippen LogP contribution is 2.07. The number of anilines is 1. The van der Waals surface area contributed by atoms with Gasteiger partial charge in [-0.25, -0.2) is 9.97 Å². The lowest BCUT2D eigenvalue weighted by atomic mass is 10.4. The van der Waals surface area contributed by atoms with Crippen LogP contribution < -0.4 is 10.6 Å². The maximum absolute atomic E-state index is 11.7. The van der Waals surface area contributed by atoms with Crippen LogP contribution in [0.1, 0.15) is 12.6 Å². The highest BCUT2D eigenvalue weighted by Gasteiger charge is 2.14. The fraction of sp³-hybridized carbons (Fsp3) is 0.455. The number of amides is 1. The van der Waals surface area contributed by atoms with Gasteiger partial charge in [0.15, 0.2) is 0 Å². The third-order valence-corrected chi connectivity index (χ3v) is 2.59. The number of thiocarbonyl (C=S) groups is 1. The molecule has 0 aliphatic heterocycles. The van der Waals surface area contributed by atoms with Crippen LogP contribution in [-0.2, 0) is 4.79 Å². The summed E-state index contributed by atoms with van der Waals surface area (Å²) in [6.07, 6.45) is 1.58. The molecule has 0 aliphatic carbocycles. The van der Waals surface area contributed by atoms with Gasteiger partial charge in [-0.2, -0.15) is 0 Å². The topological polar surface area (TPSA) is 75.4 Å². The fourth-order valence-corrected chi connectivity index (χ4v) is 1.38. The Morgan fingerprint density at radius 2 is 2.17 bits per heavy atom. The Kier molecular flexibility index (Phi) is 4.96. The number of carbonyl (C=O) groups excluding carboxylic acids is 1. The second-order valence-corrected chi connectivity index (χ2v) is 4.35. The predicted octanol–water partition coefficient (Wildman–Crippen LogP) is 0.0253. The Hall–Kier alpha value is -1.76. The van der Waals surface area contributed by atoms with Crippen LogP contribution in [0.2, 0.25) is 0 Å². The molecule has 2 N–H and O–H groups in total. The lowest BCUT2D eigenvalue weighted by Gasteiger charge is -2.22. The molecule has 0 aliphatic rings. The van der Waals surface area contributed by atoms with Gasteiger partial charge in [0.05, 0.1) is 6.54 Å². The molecule has 7 heteroatoms. The minimum atomic E-state index is -0.0128. The van der Waals surface area contributed by atoms with Crippen molar-refractivity contribution >= 4 is 29.1 Å². The van der Waals surface area contributed by atoms with E-state index in [0.717, 1.165) is 0 Å². The van der Waals surface area contributed by atoms with Gasteiger partial charge >= 0.3 is 0 Å². The Balaban J connectivity index is 2.91. The zero-order chi connectivity index (χ0) is 13.7. The van der Waals surface area contributed by atoms with Crippen molar-refractivity contribution in [2.24, 2.45) is 5.73 Å². The molecule has 0 atom stereocenters. The number of likely N-dealkylation sites (N-methyl/N-ethyl adjacent to an activating group) is 2. The van der Waals surface area contributed by atoms with E-state index in [1.54, 1.807) is 31.3 Å². The van der Waals surface area contributed by atoms with Crippen molar-refractivity contribution in [3.8, 4) is 0 Å². The monoisotopic (exact) mass is 267 g/mol. The lowest BCUT2D eigenvalue weighted by molar-refractivity contribution is -0.127. The molecule has 1 aromatic rings. The first-order chi connectivity index (χ1) is 8.45. The van der Waals surface area contributed by atoms with Crippen molar-refractivity contribution < 1.29 is 4.79 Å². The molecule has 18 heavy (non-hydrogen) atoms. The van der Waals surface area contributed by atoms with Crippen molar-refractivity contribution in [1.29, 1.82) is 0 Å². The van der Waals surface area contributed by atoms with Gasteiger partial charge in [0.25, 0.3) is 0 Å². The van der Waals surface area contributed by atoms with Crippen LogP contribution in [0.4, 0.5) is 5.95 Å². The molecule has 1 amide bonds. The quantitative estimate of drug-likeness (QED) is 0.758. The molecule has 0 saturated heterocycles. The van der Waals surface area contributed by atoms with E-state index in [1.807, 2.05) is 6.92 Å². The molecule has 0 fully saturated rings. The van der Waals surface area contributed by atoms with E-state index in [-0.39, 0.29) is 17.4 Å². The first-order valence-electron chi connectivity index (χ1n) is 5.53. The Morgan fingerprint density at radius 1 is 1.50 bits per heavy atom. The van der Waals surface area contributed by atoms with Crippen molar-refractivity contribution in [3.05, 3.63) is 18.0 Å². The van der Waals surface area contributed by atoms with Crippen LogP contribution in [0.25, 0.3) is 0 Å². The smallest absolute Gasteiger partial charge is 0.241 e. The second kappa shape index (κ2) is 6.25. The molecular weight excluding hydrogens is 250 g/mol. The molecule has 0 unspecified atom stereocenters. The molecule has 0 spiro atoms. The van der Waals surface area contributed by atoms with Gasteiger partial charge in [0, 0.05) is 26.8 Å². The van der Waals surface area contributed by atoms with Crippen LogP contribution in [0.5, 0.6) is 0 Å². The van der Waals surface area contributed by atoms with E-state index in [0.29, 0.717) is 18.2 Å². The third kappa shape index (κ3) is 3.63. The molecule has 6 nitrogen and oxygen atoms in total. The number of aromatic nitrogens is 2. The second-order valence-electron chi connectivity index (χ2n) is 3.91. The van der Waals surface area contributed by atoms with Crippen LogP contribution in [0, 0.1) is 0 Å². The number of rotatable bonds is 5. The highest BCUT2D eigenvalue weighted by molar-refractivity contribution is 7.80. The van der Waals surface area contributed by atoms with Gasteiger partial charge in [-0.1, -0.05) is 12.2 Å². The minimum absolute atomic E-state index is 0.0128. The molecule has 0 saturated carbocycles. The fourth-order valence-electron chi connectivity index (χ4n) is 1.27. The Morgan fingerprint density at radius 3 is 2.67 bits per heavy atom. The van der Waals surface area contributed by atoms with E-state index in [1.165, 1.54) is 4.90 Å². The summed E-state index contributed by atoms with van der Waals surface area (Å²) in [7, 11) is 3.42. The van der Waals surface area contributed by atoms with E-state index in [4.69, 9.17) is 18.0 Å². The molecule has 0 radical (unpaired) electrons. The average molecular weight is 267 g/mol. The predicted molar refractivity (Wildman–Crippen MR) is 74.5 cm³/mol. The largest absolute Gasteiger partial charge is 0.388 e. The standard InChI is InChI=1S/C11H17N5OS/c1-4-16(7-9(17)15(2)3)11-13-6-5-8(14-11)10(12)18/h5-6H,4,7H2,1-3H3,(H2,12,18). The van der Waals surface area contributed by atoms with Gasteiger partial charge < -0.3 is 15.5 Å². The average Bonchev–Trinajstić information content (AvgIpc) is 2.35. The van der Waals surface area contributed by atoms with Crippen molar-refractivity contribution in [1.82, 2.24) is 14.9 Å². The van der Waals surface area contributed by atoms with Gasteiger partial charge in [-0.05, 0) is 13.0 Å². The Bertz CT molecular complexity index is 449. The third-order valence-electron chi connectivity index (χ3n) is 2.38. The van der Waals surface area contributed by atoms with E-state index in [2.05, 4.69) is 9.97 Å². The maximum Gasteiger partial charge on any atom is 0.241 e. The summed E-state index contributed by atoms with van der Waals surface area (Å²) in [5, 5.41) is 0. The summed E-state index contributed by atoms with van der Waals surface area (Å²) in [5.74, 6) is 0.444. The zero-order valence-corrected chi connectivity index (χ0v) is 11.6. The SMILES string of the molecule is CCN(CC(=O)N(C)C)c1nccc(C(N)=S)n1. The molecular formula is C11H17N5OS. The van der Waals surface area contributed by atoms with E-state index < -0.39 is 0 Å². The van der Waals surface area contributed by atoms with Crippen molar-refractivity contribution in [3.63, 3.8) is 0 Å². The molecule has 1 heterocycles. The van der Waals surface area contributed by atoms with Gasteiger partial charge in [-0.15, -0.1) is 0 Å². The molecule has 1 aromatic heterocycles. The summed E-state index contributed by atoms with van der Waals surface area (Å²) in [5.41, 5.74) is 6.03. The number of carbonyl (C=O) groups is 1.